The average Bonchev–Trinajstić information content (AvgIpc) is 2.97. The summed E-state index contributed by atoms with van der Waals surface area (Å²) in [5.74, 6) is 0.382. The van der Waals surface area contributed by atoms with Crippen LogP contribution in [0.4, 0.5) is 0 Å². The van der Waals surface area contributed by atoms with Crippen molar-refractivity contribution in [1.29, 1.82) is 0 Å². The average molecular weight is 297 g/mol. The number of rotatable bonds is 4. The number of carbonyl (C=O) groups excluding carboxylic acids is 1. The van der Waals surface area contributed by atoms with Crippen molar-refractivity contribution in [2.75, 3.05) is 0 Å². The molecule has 0 N–H and O–H groups in total. The van der Waals surface area contributed by atoms with Gasteiger partial charge >= 0.3 is 0 Å². The Morgan fingerprint density at radius 2 is 1.81 bits per heavy atom. The van der Waals surface area contributed by atoms with Gasteiger partial charge < -0.3 is 4.42 Å². The molecule has 0 aliphatic rings. The largest absolute Gasteiger partial charge is 0.411 e. The molecule has 0 aliphatic heterocycles. The fourth-order valence-electron chi connectivity index (χ4n) is 1.76. The second-order valence-corrected chi connectivity index (χ2v) is 5.25. The third-order valence-electron chi connectivity index (χ3n) is 2.73. The van der Waals surface area contributed by atoms with E-state index in [4.69, 9.17) is 4.42 Å². The summed E-state index contributed by atoms with van der Waals surface area (Å²) in [4.78, 5) is 15.9. The van der Waals surface area contributed by atoms with Gasteiger partial charge in [0.1, 0.15) is 0 Å². The van der Waals surface area contributed by atoms with E-state index in [1.54, 1.807) is 24.5 Å². The molecule has 21 heavy (non-hydrogen) atoms. The summed E-state index contributed by atoms with van der Waals surface area (Å²) in [5, 5.41) is 8.02. The van der Waals surface area contributed by atoms with Crippen LogP contribution in [-0.2, 0) is 11.2 Å². The molecule has 0 bridgehead atoms. The van der Waals surface area contributed by atoms with Crippen LogP contribution in [0.5, 0.6) is 0 Å². The zero-order valence-corrected chi connectivity index (χ0v) is 11.8. The van der Waals surface area contributed by atoms with Crippen LogP contribution in [0.2, 0.25) is 0 Å². The van der Waals surface area contributed by atoms with E-state index in [9.17, 15) is 4.79 Å². The normalized spacial score (nSPS) is 10.5. The van der Waals surface area contributed by atoms with Gasteiger partial charge in [-0.2, -0.15) is 0 Å². The van der Waals surface area contributed by atoms with Gasteiger partial charge in [-0.1, -0.05) is 30.3 Å². The number of nitrogens with zero attached hydrogens (tertiary/aromatic N) is 3. The number of hydrogen-bond donors (Lipinski definition) is 0. The topological polar surface area (TPSA) is 68.9 Å². The van der Waals surface area contributed by atoms with E-state index in [1.807, 2.05) is 30.3 Å². The lowest BCUT2D eigenvalue weighted by atomic mass is 10.2. The van der Waals surface area contributed by atoms with Crippen molar-refractivity contribution in [3.05, 3.63) is 60.4 Å². The Hall–Kier alpha value is -2.47. The van der Waals surface area contributed by atoms with Crippen LogP contribution in [0.25, 0.3) is 11.5 Å². The van der Waals surface area contributed by atoms with Crippen LogP contribution in [0.3, 0.4) is 0 Å². The van der Waals surface area contributed by atoms with Crippen molar-refractivity contribution >= 4 is 16.9 Å². The van der Waals surface area contributed by atoms with Crippen molar-refractivity contribution < 1.29 is 9.21 Å². The molecule has 1 aromatic carbocycles. The molecule has 104 valence electrons. The smallest absolute Gasteiger partial charge is 0.284 e. The van der Waals surface area contributed by atoms with Crippen molar-refractivity contribution in [2.45, 2.75) is 11.6 Å². The van der Waals surface area contributed by atoms with Gasteiger partial charge in [-0.3, -0.25) is 9.78 Å². The summed E-state index contributed by atoms with van der Waals surface area (Å²) in [6, 6.07) is 13.1. The molecule has 0 radical (unpaired) electrons. The maximum atomic E-state index is 12.0. The van der Waals surface area contributed by atoms with Gasteiger partial charge in [-0.15, -0.1) is 10.2 Å². The molecule has 0 amide bonds. The summed E-state index contributed by atoms with van der Waals surface area (Å²) in [5.41, 5.74) is 1.74. The molecule has 0 atom stereocenters. The highest BCUT2D eigenvalue weighted by Gasteiger charge is 2.13. The summed E-state index contributed by atoms with van der Waals surface area (Å²) in [6.07, 6.45) is 3.62. The molecule has 2 aromatic heterocycles. The van der Waals surface area contributed by atoms with Gasteiger partial charge in [-0.05, 0) is 17.7 Å². The third-order valence-corrected chi connectivity index (χ3v) is 3.44. The SMILES string of the molecule is O=C(Cc1ccccc1)Sc1nnc(-c2ccncc2)o1. The lowest BCUT2D eigenvalue weighted by molar-refractivity contribution is -0.110. The molecular formula is C15H11N3O2S. The first kappa shape index (κ1) is 13.5. The maximum Gasteiger partial charge on any atom is 0.284 e. The number of pyridine rings is 1. The van der Waals surface area contributed by atoms with Crippen molar-refractivity contribution in [1.82, 2.24) is 15.2 Å². The summed E-state index contributed by atoms with van der Waals surface area (Å²) >= 11 is 0.959. The molecule has 0 unspecified atom stereocenters. The van der Waals surface area contributed by atoms with Crippen LogP contribution in [0.1, 0.15) is 5.56 Å². The van der Waals surface area contributed by atoms with E-state index in [0.717, 1.165) is 22.9 Å². The van der Waals surface area contributed by atoms with Crippen molar-refractivity contribution in [3.63, 3.8) is 0 Å². The molecule has 3 aromatic rings. The monoisotopic (exact) mass is 297 g/mol. The van der Waals surface area contributed by atoms with E-state index in [0.29, 0.717) is 12.3 Å². The number of benzene rings is 1. The predicted molar refractivity (Wildman–Crippen MR) is 78.5 cm³/mol. The van der Waals surface area contributed by atoms with Gasteiger partial charge in [-0.25, -0.2) is 0 Å². The highest BCUT2D eigenvalue weighted by molar-refractivity contribution is 8.13. The first-order valence-electron chi connectivity index (χ1n) is 6.30. The summed E-state index contributed by atoms with van der Waals surface area (Å²) in [6.45, 7) is 0. The van der Waals surface area contributed by atoms with Crippen LogP contribution in [0.15, 0.2) is 64.5 Å². The Morgan fingerprint density at radius 1 is 1.05 bits per heavy atom. The molecule has 3 rings (SSSR count). The van der Waals surface area contributed by atoms with Gasteiger partial charge in [0.05, 0.1) is 0 Å². The predicted octanol–water partition coefficient (Wildman–Crippen LogP) is 2.99. The molecule has 2 heterocycles. The Morgan fingerprint density at radius 3 is 2.57 bits per heavy atom. The van der Waals surface area contributed by atoms with E-state index in [1.165, 1.54) is 0 Å². The zero-order valence-electron chi connectivity index (χ0n) is 11.0. The number of aromatic nitrogens is 3. The summed E-state index contributed by atoms with van der Waals surface area (Å²) in [7, 11) is 0. The van der Waals surface area contributed by atoms with E-state index in [2.05, 4.69) is 15.2 Å². The minimum Gasteiger partial charge on any atom is -0.411 e. The van der Waals surface area contributed by atoms with Crippen molar-refractivity contribution in [3.8, 4) is 11.5 Å². The van der Waals surface area contributed by atoms with Crippen LogP contribution in [0, 0.1) is 0 Å². The lowest BCUT2D eigenvalue weighted by Crippen LogP contribution is -1.96. The fraction of sp³-hybridized carbons (Fsp3) is 0.0667. The summed E-state index contributed by atoms with van der Waals surface area (Å²) < 4.78 is 5.47. The van der Waals surface area contributed by atoms with Crippen molar-refractivity contribution in [2.24, 2.45) is 0 Å². The fourth-order valence-corrected chi connectivity index (χ4v) is 2.39. The van der Waals surface area contributed by atoms with E-state index < -0.39 is 0 Å². The number of carbonyl (C=O) groups is 1. The Balaban J connectivity index is 1.66. The van der Waals surface area contributed by atoms with Gasteiger partial charge in [0.2, 0.25) is 11.0 Å². The van der Waals surface area contributed by atoms with E-state index in [-0.39, 0.29) is 10.3 Å². The van der Waals surface area contributed by atoms with Crippen LogP contribution < -0.4 is 0 Å². The molecule has 6 heteroatoms. The highest BCUT2D eigenvalue weighted by atomic mass is 32.2. The molecule has 0 fully saturated rings. The Labute approximate surface area is 125 Å². The Bertz CT molecular complexity index is 729. The van der Waals surface area contributed by atoms with E-state index >= 15 is 0 Å². The standard InChI is InChI=1S/C15H11N3O2S/c19-13(10-11-4-2-1-3-5-11)21-15-18-17-14(20-15)12-6-8-16-9-7-12/h1-9H,10H2. The molecule has 0 spiro atoms. The lowest BCUT2D eigenvalue weighted by Gasteiger charge is -1.97. The maximum absolute atomic E-state index is 12.0. The first-order chi connectivity index (χ1) is 10.3. The second-order valence-electron chi connectivity index (χ2n) is 4.25. The quantitative estimate of drug-likeness (QED) is 0.690. The molecule has 0 saturated carbocycles. The Kier molecular flexibility index (Phi) is 4.07. The molecule has 0 saturated heterocycles. The molecular weight excluding hydrogens is 286 g/mol. The number of hydrogen-bond acceptors (Lipinski definition) is 6. The zero-order chi connectivity index (χ0) is 14.5. The minimum absolute atomic E-state index is 0.0360. The minimum atomic E-state index is -0.0360. The second kappa shape index (κ2) is 6.32. The van der Waals surface area contributed by atoms with Gasteiger partial charge in [0.25, 0.3) is 5.22 Å². The molecule has 0 aliphatic carbocycles. The van der Waals surface area contributed by atoms with Crippen LogP contribution in [-0.4, -0.2) is 20.3 Å². The van der Waals surface area contributed by atoms with Gasteiger partial charge in [0.15, 0.2) is 0 Å². The highest BCUT2D eigenvalue weighted by Crippen LogP contribution is 2.24. The number of thioether (sulfide) groups is 1. The third kappa shape index (κ3) is 3.55. The first-order valence-corrected chi connectivity index (χ1v) is 7.11. The van der Waals surface area contributed by atoms with Gasteiger partial charge in [0, 0.05) is 36.1 Å². The molecule has 5 nitrogen and oxygen atoms in total. The van der Waals surface area contributed by atoms with Crippen LogP contribution >= 0.6 is 11.8 Å².